The molecule has 0 aliphatic rings. The van der Waals surface area contributed by atoms with Crippen molar-refractivity contribution >= 4 is 28.7 Å². The van der Waals surface area contributed by atoms with Crippen LogP contribution in [0.5, 0.6) is 0 Å². The molecule has 0 unspecified atom stereocenters. The summed E-state index contributed by atoms with van der Waals surface area (Å²) in [4.78, 5) is 22.2. The molecule has 33 heavy (non-hydrogen) atoms. The van der Waals surface area contributed by atoms with Gasteiger partial charge in [-0.05, 0) is 61.4 Å². The Kier molecular flexibility index (Phi) is 6.72. The largest absolute Gasteiger partial charge is 0.308 e. The number of nitrogens with two attached hydrogens (primary N) is 1. The number of pyridine rings is 1. The molecule has 170 valence electrons. The summed E-state index contributed by atoms with van der Waals surface area (Å²) >= 11 is 5.96. The normalized spacial score (nSPS) is 12.2. The fraction of sp³-hybridized carbons (Fsp3) is 0.240. The molecule has 8 heteroatoms. The minimum Gasteiger partial charge on any atom is -0.308 e. The van der Waals surface area contributed by atoms with Crippen molar-refractivity contribution < 1.29 is 9.18 Å². The number of aryl methyl sites for hydroxylation is 2. The second kappa shape index (κ2) is 9.68. The van der Waals surface area contributed by atoms with Gasteiger partial charge in [0.05, 0.1) is 12.6 Å². The highest BCUT2D eigenvalue weighted by atomic mass is 35.5. The molecule has 4 aromatic rings. The fourth-order valence-corrected chi connectivity index (χ4v) is 3.86. The fourth-order valence-electron chi connectivity index (χ4n) is 3.74. The van der Waals surface area contributed by atoms with Gasteiger partial charge < -0.3 is 4.57 Å². The summed E-state index contributed by atoms with van der Waals surface area (Å²) < 4.78 is 15.3. The second-order valence-corrected chi connectivity index (χ2v) is 8.50. The van der Waals surface area contributed by atoms with E-state index in [1.165, 1.54) is 17.1 Å². The predicted octanol–water partition coefficient (Wildman–Crippen LogP) is 4.98. The van der Waals surface area contributed by atoms with Crippen LogP contribution in [-0.2, 0) is 17.8 Å². The Morgan fingerprint density at radius 3 is 2.48 bits per heavy atom. The van der Waals surface area contributed by atoms with Crippen LogP contribution in [0.2, 0.25) is 5.02 Å². The Labute approximate surface area is 196 Å². The third-order valence-electron chi connectivity index (χ3n) is 5.68. The number of hydrazine groups is 1. The molecule has 0 aliphatic heterocycles. The number of hydrogen-bond acceptors (Lipinski definition) is 4. The number of nitrogens with zero attached hydrogens (tertiary/aromatic N) is 4. The lowest BCUT2D eigenvalue weighted by Gasteiger charge is -2.24. The Balaban J connectivity index is 1.54. The SMILES string of the molecule is Cc1ccc2nc(CCC(=O)N(N)[C@@H](C)c3ccc(Cl)cc3)n(Cc3ccc(F)cc3)c2n1. The van der Waals surface area contributed by atoms with Gasteiger partial charge in [-0.3, -0.25) is 9.80 Å². The van der Waals surface area contributed by atoms with Crippen molar-refractivity contribution in [3.05, 3.63) is 94.1 Å². The Bertz CT molecular complexity index is 1270. The Hall–Kier alpha value is -3.29. The maximum Gasteiger partial charge on any atom is 0.237 e. The van der Waals surface area contributed by atoms with Gasteiger partial charge in [-0.15, -0.1) is 0 Å². The van der Waals surface area contributed by atoms with E-state index in [2.05, 4.69) is 4.98 Å². The van der Waals surface area contributed by atoms with E-state index in [4.69, 9.17) is 22.4 Å². The molecule has 0 aliphatic carbocycles. The number of imidazole rings is 1. The molecule has 2 N–H and O–H groups in total. The van der Waals surface area contributed by atoms with Crippen LogP contribution in [0.1, 0.15) is 42.0 Å². The molecule has 4 rings (SSSR count). The first kappa shape index (κ1) is 22.9. The maximum atomic E-state index is 13.4. The van der Waals surface area contributed by atoms with Crippen molar-refractivity contribution in [2.75, 3.05) is 0 Å². The summed E-state index contributed by atoms with van der Waals surface area (Å²) in [5, 5.41) is 1.88. The number of fused-ring (bicyclic) bond motifs is 1. The van der Waals surface area contributed by atoms with Crippen molar-refractivity contribution in [1.82, 2.24) is 19.5 Å². The lowest BCUT2D eigenvalue weighted by molar-refractivity contribution is -0.133. The van der Waals surface area contributed by atoms with E-state index < -0.39 is 0 Å². The highest BCUT2D eigenvalue weighted by Gasteiger charge is 2.20. The van der Waals surface area contributed by atoms with Crippen molar-refractivity contribution in [2.45, 2.75) is 39.3 Å². The van der Waals surface area contributed by atoms with Crippen LogP contribution in [0.15, 0.2) is 60.7 Å². The van der Waals surface area contributed by atoms with E-state index in [9.17, 15) is 9.18 Å². The van der Waals surface area contributed by atoms with Crippen LogP contribution < -0.4 is 5.84 Å². The van der Waals surface area contributed by atoms with Crippen LogP contribution in [0.4, 0.5) is 4.39 Å². The zero-order valence-electron chi connectivity index (χ0n) is 18.5. The predicted molar refractivity (Wildman–Crippen MR) is 127 cm³/mol. The molecule has 0 saturated carbocycles. The van der Waals surface area contributed by atoms with Gasteiger partial charge in [0.25, 0.3) is 0 Å². The van der Waals surface area contributed by atoms with Crippen molar-refractivity contribution in [3.8, 4) is 0 Å². The molecule has 0 fully saturated rings. The number of halogens is 2. The lowest BCUT2D eigenvalue weighted by Crippen LogP contribution is -2.39. The van der Waals surface area contributed by atoms with Crippen molar-refractivity contribution in [1.29, 1.82) is 0 Å². The molecule has 1 atom stereocenters. The first-order valence-electron chi connectivity index (χ1n) is 10.7. The summed E-state index contributed by atoms with van der Waals surface area (Å²) in [6, 6.07) is 17.1. The summed E-state index contributed by atoms with van der Waals surface area (Å²) in [5.41, 5.74) is 4.18. The zero-order chi connectivity index (χ0) is 23.5. The molecule has 1 amide bonds. The number of rotatable bonds is 7. The van der Waals surface area contributed by atoms with Gasteiger partial charge in [0, 0.05) is 23.6 Å². The number of aromatic nitrogens is 3. The van der Waals surface area contributed by atoms with Gasteiger partial charge >= 0.3 is 0 Å². The third kappa shape index (κ3) is 5.21. The van der Waals surface area contributed by atoms with Gasteiger partial charge in [-0.1, -0.05) is 35.9 Å². The van der Waals surface area contributed by atoms with E-state index in [1.54, 1.807) is 24.3 Å². The van der Waals surface area contributed by atoms with E-state index in [1.807, 2.05) is 42.7 Å². The van der Waals surface area contributed by atoms with Crippen LogP contribution in [0, 0.1) is 12.7 Å². The number of benzene rings is 2. The topological polar surface area (TPSA) is 77.0 Å². The van der Waals surface area contributed by atoms with Gasteiger partial charge in [0.2, 0.25) is 5.91 Å². The smallest absolute Gasteiger partial charge is 0.237 e. The van der Waals surface area contributed by atoms with E-state index in [-0.39, 0.29) is 24.2 Å². The number of carbonyl (C=O) groups is 1. The van der Waals surface area contributed by atoms with Gasteiger partial charge in [-0.25, -0.2) is 20.2 Å². The Morgan fingerprint density at radius 2 is 1.79 bits per heavy atom. The lowest BCUT2D eigenvalue weighted by atomic mass is 10.1. The highest BCUT2D eigenvalue weighted by Crippen LogP contribution is 2.22. The molecule has 0 radical (unpaired) electrons. The van der Waals surface area contributed by atoms with Gasteiger partial charge in [0.15, 0.2) is 5.65 Å². The quantitative estimate of drug-likeness (QED) is 0.237. The molecule has 0 saturated heterocycles. The standard InChI is InChI=1S/C25H25ClFN5O/c1-16-3-12-22-25(29-16)31(15-18-4-10-21(27)11-5-18)23(30-22)13-14-24(33)32(28)17(2)19-6-8-20(26)9-7-19/h3-12,17H,13-15,28H2,1-2H3/t17-/m0/s1. The molecule has 0 spiro atoms. The average Bonchev–Trinajstić information content (AvgIpc) is 3.14. The van der Waals surface area contributed by atoms with Crippen LogP contribution in [0.25, 0.3) is 11.2 Å². The maximum absolute atomic E-state index is 13.4. The van der Waals surface area contributed by atoms with E-state index in [0.717, 1.165) is 33.8 Å². The third-order valence-corrected chi connectivity index (χ3v) is 5.94. The molecule has 6 nitrogen and oxygen atoms in total. The minimum absolute atomic E-state index is 0.193. The summed E-state index contributed by atoms with van der Waals surface area (Å²) in [6.07, 6.45) is 0.594. The van der Waals surface area contributed by atoms with Crippen LogP contribution in [-0.4, -0.2) is 25.5 Å². The second-order valence-electron chi connectivity index (χ2n) is 8.06. The first-order valence-corrected chi connectivity index (χ1v) is 11.1. The van der Waals surface area contributed by atoms with Crippen molar-refractivity contribution in [3.63, 3.8) is 0 Å². The Morgan fingerprint density at radius 1 is 1.09 bits per heavy atom. The molecular weight excluding hydrogens is 441 g/mol. The van der Waals surface area contributed by atoms with Gasteiger partial charge in [0.1, 0.15) is 17.2 Å². The van der Waals surface area contributed by atoms with Gasteiger partial charge in [-0.2, -0.15) is 0 Å². The first-order chi connectivity index (χ1) is 15.8. The highest BCUT2D eigenvalue weighted by molar-refractivity contribution is 6.30. The molecule has 2 heterocycles. The summed E-state index contributed by atoms with van der Waals surface area (Å²) in [7, 11) is 0. The summed E-state index contributed by atoms with van der Waals surface area (Å²) in [5.74, 6) is 6.39. The van der Waals surface area contributed by atoms with Crippen LogP contribution in [0.3, 0.4) is 0 Å². The molecule has 2 aromatic carbocycles. The zero-order valence-corrected chi connectivity index (χ0v) is 19.3. The van der Waals surface area contributed by atoms with Crippen molar-refractivity contribution in [2.24, 2.45) is 5.84 Å². The van der Waals surface area contributed by atoms with E-state index >= 15 is 0 Å². The molecule has 2 aromatic heterocycles. The molecular formula is C25H25ClFN5O. The monoisotopic (exact) mass is 465 g/mol. The number of amides is 1. The van der Waals surface area contributed by atoms with Crippen LogP contribution >= 0.6 is 11.6 Å². The summed E-state index contributed by atoms with van der Waals surface area (Å²) in [6.45, 7) is 4.27. The number of hydrogen-bond donors (Lipinski definition) is 1. The molecule has 0 bridgehead atoms. The number of carbonyl (C=O) groups excluding carboxylic acids is 1. The minimum atomic E-state index is -0.294. The van der Waals surface area contributed by atoms with E-state index in [0.29, 0.717) is 18.0 Å². The average molecular weight is 466 g/mol.